The van der Waals surface area contributed by atoms with Crippen molar-refractivity contribution in [2.45, 2.75) is 5.88 Å². The van der Waals surface area contributed by atoms with Crippen LogP contribution in [0.1, 0.15) is 5.56 Å². The molecule has 0 fully saturated rings. The van der Waals surface area contributed by atoms with E-state index in [1.54, 1.807) is 0 Å². The number of alkyl halides is 1. The van der Waals surface area contributed by atoms with Crippen LogP contribution in [-0.2, 0) is 5.88 Å². The summed E-state index contributed by atoms with van der Waals surface area (Å²) in [5.41, 5.74) is 0.188. The fourth-order valence-electron chi connectivity index (χ4n) is 0.600. The van der Waals surface area contributed by atoms with Crippen LogP contribution in [0.3, 0.4) is 0 Å². The Hall–Kier alpha value is -0.0500. The van der Waals surface area contributed by atoms with Gasteiger partial charge in [0, 0.05) is 11.8 Å². The highest BCUT2D eigenvalue weighted by molar-refractivity contribution is 6.33. The Kier molecular flexibility index (Phi) is 2.93. The first kappa shape index (κ1) is 9.04. The lowest BCUT2D eigenvalue weighted by molar-refractivity contribution is 0.611. The molecule has 0 radical (unpaired) electrons. The monoisotopic (exact) mass is 213 g/mol. The normalized spacial score (nSPS) is 10.2. The van der Waals surface area contributed by atoms with Gasteiger partial charge >= 0.3 is 0 Å². The van der Waals surface area contributed by atoms with Crippen LogP contribution in [0.4, 0.5) is 4.39 Å². The van der Waals surface area contributed by atoms with Crippen molar-refractivity contribution in [1.82, 2.24) is 4.98 Å². The average Bonchev–Trinajstić information content (AvgIpc) is 1.99. The van der Waals surface area contributed by atoms with Gasteiger partial charge in [-0.3, -0.25) is 0 Å². The molecule has 0 spiro atoms. The molecule has 1 rings (SSSR count). The summed E-state index contributed by atoms with van der Waals surface area (Å²) in [4.78, 5) is 3.49. The van der Waals surface area contributed by atoms with Crippen LogP contribution < -0.4 is 0 Å². The first-order chi connectivity index (χ1) is 5.16. The van der Waals surface area contributed by atoms with Gasteiger partial charge in [-0.25, -0.2) is 9.37 Å². The molecule has 60 valence electrons. The molecule has 0 amide bonds. The van der Waals surface area contributed by atoms with Gasteiger partial charge in [0.25, 0.3) is 0 Å². The molecule has 0 N–H and O–H groups in total. The highest BCUT2D eigenvalue weighted by Gasteiger charge is 2.10. The van der Waals surface area contributed by atoms with Crippen molar-refractivity contribution in [1.29, 1.82) is 0 Å². The van der Waals surface area contributed by atoms with Crippen LogP contribution in [-0.4, -0.2) is 4.98 Å². The Morgan fingerprint density at radius 2 is 2.09 bits per heavy atom. The average molecular weight is 214 g/mol. The van der Waals surface area contributed by atoms with Gasteiger partial charge in [0.05, 0.1) is 10.9 Å². The highest BCUT2D eigenvalue weighted by atomic mass is 35.5. The summed E-state index contributed by atoms with van der Waals surface area (Å²) in [6.45, 7) is 0. The molecule has 0 atom stereocenters. The second-order valence-electron chi connectivity index (χ2n) is 1.82. The summed E-state index contributed by atoms with van der Waals surface area (Å²) in [6.07, 6.45) is 1.27. The first-order valence-electron chi connectivity index (χ1n) is 2.71. The molecule has 0 aliphatic rings. The maximum atomic E-state index is 12.9. The molecular formula is C6H3Cl3FN. The van der Waals surface area contributed by atoms with Crippen molar-refractivity contribution in [2.24, 2.45) is 0 Å². The summed E-state index contributed by atoms with van der Waals surface area (Å²) < 4.78 is 12.9. The third-order valence-corrected chi connectivity index (χ3v) is 2.02. The zero-order chi connectivity index (χ0) is 8.43. The summed E-state index contributed by atoms with van der Waals surface area (Å²) in [5.74, 6) is -0.651. The lowest BCUT2D eigenvalue weighted by atomic mass is 10.3. The molecule has 0 aromatic carbocycles. The standard InChI is InChI=1S/C6H3Cl3FN/c7-1-3-4(8)2-11-6(9)5(3)10/h2H,1H2. The van der Waals surface area contributed by atoms with E-state index in [4.69, 9.17) is 34.8 Å². The van der Waals surface area contributed by atoms with E-state index in [1.165, 1.54) is 6.20 Å². The summed E-state index contributed by atoms with van der Waals surface area (Å²) in [7, 11) is 0. The molecule has 1 heterocycles. The van der Waals surface area contributed by atoms with Crippen molar-refractivity contribution >= 4 is 34.8 Å². The Labute approximate surface area is 78.1 Å². The summed E-state index contributed by atoms with van der Waals surface area (Å²) in [5, 5.41) is -0.00745. The van der Waals surface area contributed by atoms with E-state index >= 15 is 0 Å². The molecule has 1 aromatic rings. The predicted molar refractivity (Wildman–Crippen MR) is 43.8 cm³/mol. The Balaban J connectivity index is 3.29. The first-order valence-corrected chi connectivity index (χ1v) is 4.00. The van der Waals surface area contributed by atoms with Crippen molar-refractivity contribution in [3.05, 3.63) is 27.8 Å². The summed E-state index contributed by atoms with van der Waals surface area (Å²) in [6, 6.07) is 0. The number of hydrogen-bond acceptors (Lipinski definition) is 1. The molecule has 5 heteroatoms. The SMILES string of the molecule is Fc1c(Cl)ncc(Cl)c1CCl. The minimum atomic E-state index is -0.644. The smallest absolute Gasteiger partial charge is 0.166 e. The molecule has 1 nitrogen and oxygen atoms in total. The third kappa shape index (κ3) is 1.75. The van der Waals surface area contributed by atoms with Gasteiger partial charge in [0.15, 0.2) is 11.0 Å². The fraction of sp³-hybridized carbons (Fsp3) is 0.167. The Morgan fingerprint density at radius 1 is 1.45 bits per heavy atom. The molecule has 0 bridgehead atoms. The van der Waals surface area contributed by atoms with E-state index in [0.29, 0.717) is 0 Å². The molecule has 0 unspecified atom stereocenters. The highest BCUT2D eigenvalue weighted by Crippen LogP contribution is 2.24. The Bertz CT molecular complexity index is 277. The number of pyridine rings is 1. The van der Waals surface area contributed by atoms with Crippen molar-refractivity contribution in [3.8, 4) is 0 Å². The lowest BCUT2D eigenvalue weighted by Gasteiger charge is -2.01. The maximum absolute atomic E-state index is 12.9. The molecule has 0 aliphatic carbocycles. The van der Waals surface area contributed by atoms with Crippen molar-refractivity contribution in [2.75, 3.05) is 0 Å². The number of aromatic nitrogens is 1. The number of nitrogens with zero attached hydrogens (tertiary/aromatic N) is 1. The molecule has 1 aromatic heterocycles. The number of rotatable bonds is 1. The van der Waals surface area contributed by atoms with Crippen LogP contribution in [0.25, 0.3) is 0 Å². The minimum Gasteiger partial charge on any atom is -0.240 e. The maximum Gasteiger partial charge on any atom is 0.166 e. The number of halogens is 4. The summed E-state index contributed by atoms with van der Waals surface area (Å²) >= 11 is 16.3. The molecular weight excluding hydrogens is 211 g/mol. The van der Waals surface area contributed by atoms with E-state index < -0.39 is 5.82 Å². The van der Waals surface area contributed by atoms with Crippen molar-refractivity contribution < 1.29 is 4.39 Å². The molecule has 0 saturated carbocycles. The van der Waals surface area contributed by atoms with E-state index in [0.717, 1.165) is 0 Å². The second-order valence-corrected chi connectivity index (χ2v) is 2.86. The van der Waals surface area contributed by atoms with Crippen LogP contribution in [0, 0.1) is 5.82 Å². The van der Waals surface area contributed by atoms with Gasteiger partial charge < -0.3 is 0 Å². The van der Waals surface area contributed by atoms with Crippen molar-refractivity contribution in [3.63, 3.8) is 0 Å². The second kappa shape index (κ2) is 3.57. The van der Waals surface area contributed by atoms with Crippen LogP contribution in [0.15, 0.2) is 6.20 Å². The topological polar surface area (TPSA) is 12.9 Å². The van der Waals surface area contributed by atoms with Crippen LogP contribution >= 0.6 is 34.8 Å². The number of hydrogen-bond donors (Lipinski definition) is 0. The van der Waals surface area contributed by atoms with E-state index in [1.807, 2.05) is 0 Å². The van der Waals surface area contributed by atoms with Gasteiger partial charge in [0.2, 0.25) is 0 Å². The zero-order valence-electron chi connectivity index (χ0n) is 5.24. The van der Waals surface area contributed by atoms with Gasteiger partial charge in [0.1, 0.15) is 0 Å². The van der Waals surface area contributed by atoms with Gasteiger partial charge in [-0.1, -0.05) is 23.2 Å². The lowest BCUT2D eigenvalue weighted by Crippen LogP contribution is -1.91. The molecule has 0 aliphatic heterocycles. The largest absolute Gasteiger partial charge is 0.240 e. The Morgan fingerprint density at radius 3 is 2.55 bits per heavy atom. The van der Waals surface area contributed by atoms with Crippen LogP contribution in [0.2, 0.25) is 10.2 Å². The van der Waals surface area contributed by atoms with E-state index in [2.05, 4.69) is 4.98 Å². The molecule has 0 saturated heterocycles. The third-order valence-electron chi connectivity index (χ3n) is 1.16. The predicted octanol–water partition coefficient (Wildman–Crippen LogP) is 3.27. The van der Waals surface area contributed by atoms with Gasteiger partial charge in [-0.05, 0) is 0 Å². The quantitative estimate of drug-likeness (QED) is 0.516. The van der Waals surface area contributed by atoms with E-state index in [-0.39, 0.29) is 21.6 Å². The van der Waals surface area contributed by atoms with Gasteiger partial charge in [-0.15, -0.1) is 11.6 Å². The van der Waals surface area contributed by atoms with Crippen LogP contribution in [0.5, 0.6) is 0 Å². The van der Waals surface area contributed by atoms with Gasteiger partial charge in [-0.2, -0.15) is 0 Å². The zero-order valence-corrected chi connectivity index (χ0v) is 7.51. The fourth-order valence-corrected chi connectivity index (χ4v) is 1.29. The minimum absolute atomic E-state index is 0.00704. The van der Waals surface area contributed by atoms with E-state index in [9.17, 15) is 4.39 Å². The molecule has 11 heavy (non-hydrogen) atoms.